The van der Waals surface area contributed by atoms with Crippen molar-refractivity contribution in [3.63, 3.8) is 0 Å². The molecule has 0 aliphatic carbocycles. The van der Waals surface area contributed by atoms with Gasteiger partial charge >= 0.3 is 0 Å². The fourth-order valence-corrected chi connectivity index (χ4v) is 0.332. The Bertz CT molecular complexity index is 97.2. The van der Waals surface area contributed by atoms with Crippen LogP contribution in [0.15, 0.2) is 12.2 Å². The van der Waals surface area contributed by atoms with Crippen molar-refractivity contribution in [3.05, 3.63) is 12.2 Å². The molecule has 0 aliphatic heterocycles. The summed E-state index contributed by atoms with van der Waals surface area (Å²) in [6.07, 6.45) is 3.74. The Morgan fingerprint density at radius 2 is 2.29 bits per heavy atom. The summed E-state index contributed by atoms with van der Waals surface area (Å²) < 4.78 is 0. The van der Waals surface area contributed by atoms with Crippen LogP contribution >= 0.6 is 0 Å². The van der Waals surface area contributed by atoms with Crippen LogP contribution in [0.3, 0.4) is 0 Å². The molecule has 1 unspecified atom stereocenters. The smallest absolute Gasteiger partial charge is 0.0694 e. The van der Waals surface area contributed by atoms with Crippen LogP contribution in [0.2, 0.25) is 0 Å². The first-order chi connectivity index (χ1) is 3.31. The summed E-state index contributed by atoms with van der Waals surface area (Å²) in [7, 11) is 0. The fraction of sp³-hybridized carbons (Fsp3) is 0.500. The van der Waals surface area contributed by atoms with Crippen LogP contribution < -0.4 is 0 Å². The molecule has 38 valence electrons. The Hall–Kier alpha value is -0.770. The zero-order valence-corrected chi connectivity index (χ0v) is 4.68. The second kappa shape index (κ2) is 3.42. The van der Waals surface area contributed by atoms with E-state index >= 15 is 0 Å². The van der Waals surface area contributed by atoms with Crippen molar-refractivity contribution in [2.75, 3.05) is 0 Å². The van der Waals surface area contributed by atoms with Gasteiger partial charge in [0.25, 0.3) is 0 Å². The number of hydrogen-bond acceptors (Lipinski definition) is 1. The van der Waals surface area contributed by atoms with E-state index in [9.17, 15) is 0 Å². The Morgan fingerprint density at radius 3 is 2.43 bits per heavy atom. The number of nitrogens with zero attached hydrogens (tertiary/aromatic N) is 1. The van der Waals surface area contributed by atoms with Crippen LogP contribution in [0.5, 0.6) is 0 Å². The Labute approximate surface area is 44.3 Å². The summed E-state index contributed by atoms with van der Waals surface area (Å²) in [5.74, 6) is 0.0741. The number of hydrogen-bond donors (Lipinski definition) is 0. The molecule has 0 radical (unpaired) electrons. The number of allylic oxidation sites excluding steroid dienone is 2. The van der Waals surface area contributed by atoms with Gasteiger partial charge in [-0.25, -0.2) is 0 Å². The van der Waals surface area contributed by atoms with Gasteiger partial charge in [0.1, 0.15) is 0 Å². The molecule has 1 nitrogen and oxygen atoms in total. The summed E-state index contributed by atoms with van der Waals surface area (Å²) in [5, 5.41) is 8.16. The van der Waals surface area contributed by atoms with Crippen molar-refractivity contribution < 1.29 is 0 Å². The molecule has 1 atom stereocenters. The van der Waals surface area contributed by atoms with E-state index in [-0.39, 0.29) is 5.92 Å². The molecule has 0 heterocycles. The topological polar surface area (TPSA) is 23.8 Å². The quantitative estimate of drug-likeness (QED) is 0.455. The molecule has 0 aromatic rings. The third kappa shape index (κ3) is 3.05. The zero-order valence-electron chi connectivity index (χ0n) is 4.68. The predicted octanol–water partition coefficient (Wildman–Crippen LogP) is 1.72. The van der Waals surface area contributed by atoms with E-state index in [2.05, 4.69) is 6.07 Å². The Morgan fingerprint density at radius 1 is 1.71 bits per heavy atom. The SMILES string of the molecule is C/C=C\C(C)C#N. The maximum atomic E-state index is 8.16. The molecule has 0 fully saturated rings. The summed E-state index contributed by atoms with van der Waals surface area (Å²) in [4.78, 5) is 0. The summed E-state index contributed by atoms with van der Waals surface area (Å²) >= 11 is 0. The summed E-state index contributed by atoms with van der Waals surface area (Å²) in [5.41, 5.74) is 0. The highest BCUT2D eigenvalue weighted by Gasteiger charge is 1.85. The molecule has 0 aromatic carbocycles. The fourth-order valence-electron chi connectivity index (χ4n) is 0.332. The minimum atomic E-state index is 0.0741. The second-order valence-corrected chi connectivity index (χ2v) is 1.44. The van der Waals surface area contributed by atoms with Crippen LogP contribution in [0, 0.1) is 17.2 Å². The first-order valence-electron chi connectivity index (χ1n) is 2.33. The molecular weight excluding hydrogens is 86.1 g/mol. The van der Waals surface area contributed by atoms with Crippen molar-refractivity contribution in [2.45, 2.75) is 13.8 Å². The van der Waals surface area contributed by atoms with E-state index in [0.717, 1.165) is 0 Å². The van der Waals surface area contributed by atoms with Gasteiger partial charge in [0.05, 0.1) is 12.0 Å². The first-order valence-corrected chi connectivity index (χ1v) is 2.33. The summed E-state index contributed by atoms with van der Waals surface area (Å²) in [6, 6.07) is 2.08. The summed E-state index contributed by atoms with van der Waals surface area (Å²) in [6.45, 7) is 3.77. The lowest BCUT2D eigenvalue weighted by molar-refractivity contribution is 0.954. The highest BCUT2D eigenvalue weighted by Crippen LogP contribution is 1.91. The van der Waals surface area contributed by atoms with Crippen LogP contribution in [0.25, 0.3) is 0 Å². The molecule has 0 bridgehead atoms. The van der Waals surface area contributed by atoms with Crippen molar-refractivity contribution in [1.29, 1.82) is 5.26 Å². The largest absolute Gasteiger partial charge is 0.198 e. The molecule has 0 aromatic heterocycles. The molecule has 0 rings (SSSR count). The van der Waals surface area contributed by atoms with E-state index in [1.165, 1.54) is 0 Å². The van der Waals surface area contributed by atoms with E-state index in [4.69, 9.17) is 5.26 Å². The van der Waals surface area contributed by atoms with Gasteiger partial charge in [-0.15, -0.1) is 0 Å². The second-order valence-electron chi connectivity index (χ2n) is 1.44. The van der Waals surface area contributed by atoms with Gasteiger partial charge in [0.2, 0.25) is 0 Å². The highest BCUT2D eigenvalue weighted by molar-refractivity contribution is 4.95. The number of nitriles is 1. The third-order valence-corrected chi connectivity index (χ3v) is 0.685. The first kappa shape index (κ1) is 6.23. The molecule has 7 heavy (non-hydrogen) atoms. The minimum absolute atomic E-state index is 0.0741. The van der Waals surface area contributed by atoms with Gasteiger partial charge in [0, 0.05) is 0 Å². The lowest BCUT2D eigenvalue weighted by Crippen LogP contribution is -1.78. The van der Waals surface area contributed by atoms with Gasteiger partial charge in [0.15, 0.2) is 0 Å². The lowest BCUT2D eigenvalue weighted by atomic mass is 10.2. The van der Waals surface area contributed by atoms with Gasteiger partial charge in [-0.3, -0.25) is 0 Å². The molecule has 0 saturated heterocycles. The minimum Gasteiger partial charge on any atom is -0.198 e. The van der Waals surface area contributed by atoms with Crippen molar-refractivity contribution >= 4 is 0 Å². The molecular formula is C6H9N. The van der Waals surface area contributed by atoms with E-state index in [1.807, 2.05) is 26.0 Å². The van der Waals surface area contributed by atoms with Gasteiger partial charge in [-0.2, -0.15) is 5.26 Å². The van der Waals surface area contributed by atoms with Crippen molar-refractivity contribution in [3.8, 4) is 6.07 Å². The van der Waals surface area contributed by atoms with Crippen LogP contribution in [0.1, 0.15) is 13.8 Å². The highest BCUT2D eigenvalue weighted by atomic mass is 14.2. The standard InChI is InChI=1S/C6H9N/c1-3-4-6(2)5-7/h3-4,6H,1-2H3/b4-3-. The molecule has 0 N–H and O–H groups in total. The van der Waals surface area contributed by atoms with E-state index in [1.54, 1.807) is 0 Å². The molecule has 0 saturated carbocycles. The van der Waals surface area contributed by atoms with Gasteiger partial charge < -0.3 is 0 Å². The van der Waals surface area contributed by atoms with Crippen LogP contribution in [-0.4, -0.2) is 0 Å². The van der Waals surface area contributed by atoms with E-state index in [0.29, 0.717) is 0 Å². The van der Waals surface area contributed by atoms with Crippen LogP contribution in [-0.2, 0) is 0 Å². The number of rotatable bonds is 1. The average Bonchev–Trinajstić information content (AvgIpc) is 1.68. The molecule has 1 heteroatoms. The normalized spacial score (nSPS) is 13.9. The third-order valence-electron chi connectivity index (χ3n) is 0.685. The molecule has 0 amide bonds. The lowest BCUT2D eigenvalue weighted by Gasteiger charge is -1.83. The predicted molar refractivity (Wildman–Crippen MR) is 29.6 cm³/mol. The monoisotopic (exact) mass is 95.1 g/mol. The maximum Gasteiger partial charge on any atom is 0.0694 e. The van der Waals surface area contributed by atoms with Crippen molar-refractivity contribution in [1.82, 2.24) is 0 Å². The Kier molecular flexibility index (Phi) is 3.04. The van der Waals surface area contributed by atoms with Gasteiger partial charge in [-0.05, 0) is 13.8 Å². The van der Waals surface area contributed by atoms with Gasteiger partial charge in [-0.1, -0.05) is 12.2 Å². The van der Waals surface area contributed by atoms with Crippen LogP contribution in [0.4, 0.5) is 0 Å². The average molecular weight is 95.1 g/mol. The van der Waals surface area contributed by atoms with E-state index < -0.39 is 0 Å². The van der Waals surface area contributed by atoms with Crippen molar-refractivity contribution in [2.24, 2.45) is 5.92 Å². The molecule has 0 spiro atoms. The zero-order chi connectivity index (χ0) is 5.70. The molecule has 0 aliphatic rings. The Balaban J connectivity index is 3.42. The maximum absolute atomic E-state index is 8.16.